The molecule has 2 heterocycles. The number of pyridine rings is 2. The first-order valence-corrected chi connectivity index (χ1v) is 21.8. The number of rotatable bonds is 20. The largest absolute Gasteiger partial charge is 0.494 e. The zero-order valence-corrected chi connectivity index (χ0v) is 34.1. The first-order chi connectivity index (χ1) is 27.4. The van der Waals surface area contributed by atoms with Crippen LogP contribution in [0, 0.1) is 0 Å². The Labute approximate surface area is 329 Å². The molecule has 0 unspecified atom stereocenters. The van der Waals surface area contributed by atoms with Gasteiger partial charge in [-0.2, -0.15) is 0 Å². The second-order valence-electron chi connectivity index (χ2n) is 16.0. The van der Waals surface area contributed by atoms with E-state index in [1.807, 2.05) is 24.3 Å². The van der Waals surface area contributed by atoms with Gasteiger partial charge in [0.2, 0.25) is 11.8 Å². The molecule has 0 amide bonds. The van der Waals surface area contributed by atoms with Gasteiger partial charge in [0, 0.05) is 69.3 Å². The molecule has 2 aromatic heterocycles. The minimum Gasteiger partial charge on any atom is -0.494 e. The monoisotopic (exact) mass is 756 g/mol. The summed E-state index contributed by atoms with van der Waals surface area (Å²) in [5.74, 6) is 0.00329. The van der Waals surface area contributed by atoms with Gasteiger partial charge in [-0.25, -0.2) is 0 Å². The highest BCUT2D eigenvalue weighted by Crippen LogP contribution is 2.44. The van der Waals surface area contributed by atoms with Crippen molar-refractivity contribution in [3.63, 3.8) is 0 Å². The molecule has 296 valence electrons. The summed E-state index contributed by atoms with van der Waals surface area (Å²) < 4.78 is 3.11. The van der Waals surface area contributed by atoms with Gasteiger partial charge in [-0.05, 0) is 60.7 Å². The lowest BCUT2D eigenvalue weighted by Gasteiger charge is -2.21. The topological polar surface area (TPSA) is 109 Å². The molecule has 0 aliphatic heterocycles. The molecule has 56 heavy (non-hydrogen) atoms. The fraction of sp³-hybridized carbons (Fsp3) is 0.500. The molecule has 0 radical (unpaired) electrons. The molecular formula is C48H60N4O4. The number of aromatic nitrogens is 2. The maximum absolute atomic E-state index is 14.5. The molecule has 0 saturated heterocycles. The SMILES string of the molecule is CCCCCCN=c1cc2c(=O)n(CCCCCC)c(O)c3ccc4c5c(=NCCCCCC)cc6c(=O)n(CCCCCC)c(O)c7ccc(c1c4c32)c5c76. The molecule has 8 nitrogen and oxygen atoms in total. The highest BCUT2D eigenvalue weighted by molar-refractivity contribution is 6.39. The molecule has 0 bridgehead atoms. The van der Waals surface area contributed by atoms with Crippen LogP contribution in [0.4, 0.5) is 0 Å². The third-order valence-corrected chi connectivity index (χ3v) is 12.1. The van der Waals surface area contributed by atoms with Crippen molar-refractivity contribution in [2.24, 2.45) is 9.98 Å². The number of nitrogens with zero attached hydrogens (tertiary/aromatic N) is 4. The van der Waals surface area contributed by atoms with Gasteiger partial charge < -0.3 is 10.2 Å². The Morgan fingerprint density at radius 3 is 1.16 bits per heavy atom. The highest BCUT2D eigenvalue weighted by atomic mass is 16.3. The maximum Gasteiger partial charge on any atom is 0.261 e. The number of fused-ring (bicyclic) bond motifs is 2. The van der Waals surface area contributed by atoms with Crippen LogP contribution < -0.4 is 21.8 Å². The van der Waals surface area contributed by atoms with E-state index in [-0.39, 0.29) is 22.9 Å². The smallest absolute Gasteiger partial charge is 0.261 e. The summed E-state index contributed by atoms with van der Waals surface area (Å²) in [6, 6.07) is 11.9. The Bertz CT molecular complexity index is 2540. The predicted octanol–water partition coefficient (Wildman–Crippen LogP) is 10.8. The molecule has 0 saturated carbocycles. The Kier molecular flexibility index (Phi) is 12.4. The molecule has 5 aromatic carbocycles. The van der Waals surface area contributed by atoms with Crippen LogP contribution in [0.5, 0.6) is 11.8 Å². The second-order valence-corrected chi connectivity index (χ2v) is 16.0. The van der Waals surface area contributed by atoms with Crippen molar-refractivity contribution in [3.8, 4) is 11.8 Å². The lowest BCUT2D eigenvalue weighted by Crippen LogP contribution is -2.23. The second kappa shape index (κ2) is 17.6. The van der Waals surface area contributed by atoms with E-state index in [1.165, 1.54) is 0 Å². The maximum atomic E-state index is 14.5. The van der Waals surface area contributed by atoms with E-state index < -0.39 is 0 Å². The Morgan fingerprint density at radius 1 is 0.429 bits per heavy atom. The number of hydrogen-bond acceptors (Lipinski definition) is 6. The van der Waals surface area contributed by atoms with E-state index in [4.69, 9.17) is 9.98 Å². The zero-order valence-electron chi connectivity index (χ0n) is 34.1. The van der Waals surface area contributed by atoms with E-state index in [9.17, 15) is 19.8 Å². The lowest BCUT2D eigenvalue weighted by atomic mass is 9.85. The van der Waals surface area contributed by atoms with Crippen LogP contribution in [0.1, 0.15) is 130 Å². The van der Waals surface area contributed by atoms with Crippen molar-refractivity contribution in [2.45, 2.75) is 144 Å². The highest BCUT2D eigenvalue weighted by Gasteiger charge is 2.25. The summed E-state index contributed by atoms with van der Waals surface area (Å²) in [4.78, 5) is 39.4. The molecule has 8 heteroatoms. The van der Waals surface area contributed by atoms with Gasteiger partial charge in [0.15, 0.2) is 0 Å². The van der Waals surface area contributed by atoms with Gasteiger partial charge in [0.25, 0.3) is 11.1 Å². The van der Waals surface area contributed by atoms with Gasteiger partial charge in [0.1, 0.15) is 0 Å². The van der Waals surface area contributed by atoms with Gasteiger partial charge in [-0.1, -0.05) is 117 Å². The number of aromatic hydroxyl groups is 2. The summed E-state index contributed by atoms with van der Waals surface area (Å²) in [7, 11) is 0. The number of hydrogen-bond donors (Lipinski definition) is 2. The van der Waals surface area contributed by atoms with E-state index in [2.05, 4.69) is 39.8 Å². The standard InChI is InChI=1S/C48H60N4O4/c1-5-9-13-17-25-49-37-29-35-39-33(45(53)51(47(35)55)27-19-15-11-7-3)24-22-32-42-38(50-26-18-14-10-6-2)30-36-40-34(23-21-31(44(40)42)41(37)43(32)39)46(54)52(48(36)56)28-20-16-12-8-4/h21-24,29-30,53-54H,5-20,25-28H2,1-4H3. The Morgan fingerprint density at radius 2 is 0.786 bits per heavy atom. The summed E-state index contributed by atoms with van der Waals surface area (Å²) in [5.41, 5.74) is -0.391. The number of unbranched alkanes of at least 4 members (excludes halogenated alkanes) is 12. The summed E-state index contributed by atoms with van der Waals surface area (Å²) in [6.45, 7) is 10.9. The van der Waals surface area contributed by atoms with Crippen LogP contribution in [0.2, 0.25) is 0 Å². The molecule has 0 fully saturated rings. The molecule has 0 spiro atoms. The van der Waals surface area contributed by atoms with Crippen LogP contribution in [0.25, 0.3) is 64.6 Å². The minimum absolute atomic E-state index is 0.00165. The van der Waals surface area contributed by atoms with Gasteiger partial charge >= 0.3 is 0 Å². The van der Waals surface area contributed by atoms with Gasteiger partial charge in [-0.3, -0.25) is 28.7 Å². The quantitative estimate of drug-likeness (QED) is 0.0458. The normalized spacial score (nSPS) is 13.1. The van der Waals surface area contributed by atoms with Crippen molar-refractivity contribution < 1.29 is 10.2 Å². The summed E-state index contributed by atoms with van der Waals surface area (Å²) in [6.07, 6.45) is 16.6. The van der Waals surface area contributed by atoms with Crippen molar-refractivity contribution in [1.29, 1.82) is 0 Å². The average molecular weight is 757 g/mol. The zero-order chi connectivity index (χ0) is 39.3. The fourth-order valence-electron chi connectivity index (χ4n) is 9.08. The molecule has 2 N–H and O–H groups in total. The van der Waals surface area contributed by atoms with Gasteiger partial charge in [0.05, 0.1) is 21.5 Å². The molecule has 0 aliphatic rings. The first-order valence-electron chi connectivity index (χ1n) is 21.8. The van der Waals surface area contributed by atoms with Crippen LogP contribution in [-0.2, 0) is 13.1 Å². The molecule has 0 aliphatic carbocycles. The Balaban J connectivity index is 1.62. The van der Waals surface area contributed by atoms with Crippen molar-refractivity contribution >= 4 is 64.6 Å². The Hall–Kier alpha value is -4.72. The molecule has 7 aromatic rings. The van der Waals surface area contributed by atoms with Gasteiger partial charge in [-0.15, -0.1) is 0 Å². The van der Waals surface area contributed by atoms with Crippen molar-refractivity contribution in [2.75, 3.05) is 13.1 Å². The van der Waals surface area contributed by atoms with E-state index in [0.29, 0.717) is 47.7 Å². The van der Waals surface area contributed by atoms with Crippen LogP contribution >= 0.6 is 0 Å². The van der Waals surface area contributed by atoms with E-state index >= 15 is 0 Å². The lowest BCUT2D eigenvalue weighted by molar-refractivity contribution is 0.406. The average Bonchev–Trinajstić information content (AvgIpc) is 3.20. The summed E-state index contributed by atoms with van der Waals surface area (Å²) in [5, 5.41) is 34.5. The van der Waals surface area contributed by atoms with Crippen LogP contribution in [-0.4, -0.2) is 32.4 Å². The minimum atomic E-state index is -0.196. The number of benzene rings is 5. The van der Waals surface area contributed by atoms with Crippen LogP contribution in [0.15, 0.2) is 56.0 Å². The molecule has 0 atom stereocenters. The first kappa shape index (κ1) is 39.5. The third kappa shape index (κ3) is 7.09. The van der Waals surface area contributed by atoms with Crippen molar-refractivity contribution in [1.82, 2.24) is 9.13 Å². The van der Waals surface area contributed by atoms with E-state index in [0.717, 1.165) is 157 Å². The van der Waals surface area contributed by atoms with Crippen molar-refractivity contribution in [3.05, 3.63) is 67.8 Å². The van der Waals surface area contributed by atoms with E-state index in [1.54, 1.807) is 9.13 Å². The predicted molar refractivity (Wildman–Crippen MR) is 234 cm³/mol. The van der Waals surface area contributed by atoms with Crippen LogP contribution in [0.3, 0.4) is 0 Å². The molecule has 7 rings (SSSR count). The molecular weight excluding hydrogens is 697 g/mol. The fourth-order valence-corrected chi connectivity index (χ4v) is 9.08. The third-order valence-electron chi connectivity index (χ3n) is 12.1. The summed E-state index contributed by atoms with van der Waals surface area (Å²) >= 11 is 0.